The molecule has 1 atom stereocenters. The Balaban J connectivity index is 1.33. The van der Waals surface area contributed by atoms with Gasteiger partial charge in [0.2, 0.25) is 11.2 Å². The molecule has 6 nitrogen and oxygen atoms in total. The SMILES string of the molecule is Cc1ccc(C)c(NC(=O)COc2coc(C[NH+]3CCc4ccccc4C3)cc2=O)c1. The van der Waals surface area contributed by atoms with Gasteiger partial charge in [0.05, 0.1) is 6.54 Å². The monoisotopic (exact) mass is 419 g/mol. The molecule has 0 saturated carbocycles. The fraction of sp³-hybridized carbons (Fsp3) is 0.280. The fourth-order valence-corrected chi connectivity index (χ4v) is 3.88. The van der Waals surface area contributed by atoms with Crippen LogP contribution in [0.15, 0.2) is 64.0 Å². The van der Waals surface area contributed by atoms with Crippen LogP contribution in [0.25, 0.3) is 0 Å². The summed E-state index contributed by atoms with van der Waals surface area (Å²) in [4.78, 5) is 26.0. The summed E-state index contributed by atoms with van der Waals surface area (Å²) in [5, 5.41) is 2.81. The van der Waals surface area contributed by atoms with E-state index < -0.39 is 0 Å². The van der Waals surface area contributed by atoms with E-state index in [-0.39, 0.29) is 23.7 Å². The summed E-state index contributed by atoms with van der Waals surface area (Å²) in [5.74, 6) is 0.332. The van der Waals surface area contributed by atoms with E-state index in [1.54, 1.807) is 0 Å². The van der Waals surface area contributed by atoms with Crippen LogP contribution in [0.1, 0.15) is 28.0 Å². The lowest BCUT2D eigenvalue weighted by Gasteiger charge is -2.25. The Bertz CT molecular complexity index is 1150. The second-order valence-electron chi connectivity index (χ2n) is 8.10. The zero-order valence-corrected chi connectivity index (χ0v) is 17.9. The molecule has 0 bridgehead atoms. The lowest BCUT2D eigenvalue weighted by molar-refractivity contribution is -0.930. The van der Waals surface area contributed by atoms with E-state index in [9.17, 15) is 9.59 Å². The molecule has 1 amide bonds. The molecule has 160 valence electrons. The van der Waals surface area contributed by atoms with Gasteiger partial charge in [-0.1, -0.05) is 36.4 Å². The molecule has 1 aromatic heterocycles. The summed E-state index contributed by atoms with van der Waals surface area (Å²) in [6, 6.07) is 15.8. The van der Waals surface area contributed by atoms with Crippen LogP contribution in [0.5, 0.6) is 5.75 Å². The number of anilines is 1. The van der Waals surface area contributed by atoms with Crippen LogP contribution in [0.2, 0.25) is 0 Å². The zero-order chi connectivity index (χ0) is 21.8. The third-order valence-corrected chi connectivity index (χ3v) is 5.61. The second-order valence-corrected chi connectivity index (χ2v) is 8.10. The fourth-order valence-electron chi connectivity index (χ4n) is 3.88. The largest absolute Gasteiger partial charge is 0.477 e. The Kier molecular flexibility index (Phi) is 6.18. The molecule has 6 heteroatoms. The van der Waals surface area contributed by atoms with Gasteiger partial charge >= 0.3 is 0 Å². The van der Waals surface area contributed by atoms with Gasteiger partial charge in [0.25, 0.3) is 5.91 Å². The molecule has 1 aliphatic heterocycles. The van der Waals surface area contributed by atoms with Gasteiger partial charge in [-0.2, -0.15) is 0 Å². The Labute approximate surface area is 181 Å². The lowest BCUT2D eigenvalue weighted by atomic mass is 10.00. The first-order valence-electron chi connectivity index (χ1n) is 10.5. The Morgan fingerprint density at radius 3 is 2.74 bits per heavy atom. The summed E-state index contributed by atoms with van der Waals surface area (Å²) in [5.41, 5.74) is 5.22. The molecule has 0 saturated heterocycles. The highest BCUT2D eigenvalue weighted by atomic mass is 16.5. The third-order valence-electron chi connectivity index (χ3n) is 5.61. The van der Waals surface area contributed by atoms with Gasteiger partial charge in [0, 0.05) is 23.7 Å². The maximum absolute atomic E-state index is 12.4. The lowest BCUT2D eigenvalue weighted by Crippen LogP contribution is -3.10. The molecule has 0 radical (unpaired) electrons. The minimum atomic E-state index is -0.325. The number of benzene rings is 2. The number of ether oxygens (including phenoxy) is 1. The number of rotatable bonds is 6. The van der Waals surface area contributed by atoms with Gasteiger partial charge in [-0.25, -0.2) is 0 Å². The number of nitrogens with one attached hydrogen (secondary N) is 2. The van der Waals surface area contributed by atoms with E-state index in [1.807, 2.05) is 32.0 Å². The topological polar surface area (TPSA) is 73.0 Å². The average molecular weight is 420 g/mol. The Hall–Kier alpha value is -3.38. The third kappa shape index (κ3) is 5.22. The number of quaternary nitrogens is 1. The predicted molar refractivity (Wildman–Crippen MR) is 118 cm³/mol. The number of amides is 1. The van der Waals surface area contributed by atoms with E-state index in [0.717, 1.165) is 36.3 Å². The molecule has 4 rings (SSSR count). The molecule has 2 aromatic carbocycles. The van der Waals surface area contributed by atoms with E-state index in [4.69, 9.17) is 9.15 Å². The van der Waals surface area contributed by atoms with Crippen molar-refractivity contribution in [1.82, 2.24) is 0 Å². The molecule has 2 N–H and O–H groups in total. The highest BCUT2D eigenvalue weighted by Gasteiger charge is 2.20. The molecule has 0 fully saturated rings. The van der Waals surface area contributed by atoms with E-state index in [1.165, 1.54) is 28.4 Å². The predicted octanol–water partition coefficient (Wildman–Crippen LogP) is 2.42. The summed E-state index contributed by atoms with van der Waals surface area (Å²) in [7, 11) is 0. The molecule has 3 aromatic rings. The number of hydrogen-bond acceptors (Lipinski definition) is 4. The Morgan fingerprint density at radius 2 is 1.94 bits per heavy atom. The summed E-state index contributed by atoms with van der Waals surface area (Å²) >= 11 is 0. The first kappa shape index (κ1) is 20.9. The number of carbonyl (C=O) groups is 1. The van der Waals surface area contributed by atoms with Crippen LogP contribution in [-0.2, 0) is 24.3 Å². The molecule has 1 aliphatic rings. The number of aryl methyl sites for hydroxylation is 2. The molecule has 0 aliphatic carbocycles. The molecule has 1 unspecified atom stereocenters. The normalized spacial score (nSPS) is 15.2. The van der Waals surface area contributed by atoms with Gasteiger partial charge in [-0.15, -0.1) is 0 Å². The van der Waals surface area contributed by atoms with Gasteiger partial charge in [0.1, 0.15) is 19.4 Å². The highest BCUT2D eigenvalue weighted by Crippen LogP contribution is 2.16. The van der Waals surface area contributed by atoms with Gasteiger partial charge in [-0.05, 0) is 36.6 Å². The highest BCUT2D eigenvalue weighted by molar-refractivity contribution is 5.92. The van der Waals surface area contributed by atoms with Crippen LogP contribution in [0.4, 0.5) is 5.69 Å². The molecule has 2 heterocycles. The maximum Gasteiger partial charge on any atom is 0.262 e. The number of hydrogen-bond donors (Lipinski definition) is 2. The molecular weight excluding hydrogens is 392 g/mol. The quantitative estimate of drug-likeness (QED) is 0.644. The average Bonchev–Trinajstić information content (AvgIpc) is 2.76. The standard InChI is InChI=1S/C25H26N2O4/c1-17-7-8-18(2)22(11-17)26-25(29)16-31-24-15-30-21(12-23(24)28)14-27-10-9-19-5-3-4-6-20(19)13-27/h3-8,11-12,15H,9-10,13-14,16H2,1-2H3,(H,26,29)/p+1. The Morgan fingerprint density at radius 1 is 1.13 bits per heavy atom. The van der Waals surface area contributed by atoms with Crippen LogP contribution in [0, 0.1) is 13.8 Å². The van der Waals surface area contributed by atoms with Gasteiger partial charge in [0.15, 0.2) is 12.4 Å². The van der Waals surface area contributed by atoms with Gasteiger partial charge in [-0.3, -0.25) is 9.59 Å². The summed E-state index contributed by atoms with van der Waals surface area (Å²) in [6.45, 7) is 6.17. The van der Waals surface area contributed by atoms with E-state index >= 15 is 0 Å². The van der Waals surface area contributed by atoms with Crippen molar-refractivity contribution in [3.63, 3.8) is 0 Å². The minimum absolute atomic E-state index is 0.0406. The first-order valence-corrected chi connectivity index (χ1v) is 10.5. The summed E-state index contributed by atoms with van der Waals surface area (Å²) < 4.78 is 11.0. The number of carbonyl (C=O) groups excluding carboxylic acids is 1. The van der Waals surface area contributed by atoms with E-state index in [2.05, 4.69) is 29.6 Å². The van der Waals surface area contributed by atoms with Crippen molar-refractivity contribution in [2.75, 3.05) is 18.5 Å². The van der Waals surface area contributed by atoms with Gasteiger partial charge < -0.3 is 19.4 Å². The van der Waals surface area contributed by atoms with Crippen molar-refractivity contribution in [2.24, 2.45) is 0 Å². The smallest absolute Gasteiger partial charge is 0.262 e. The van der Waals surface area contributed by atoms with Crippen molar-refractivity contribution in [2.45, 2.75) is 33.4 Å². The summed E-state index contributed by atoms with van der Waals surface area (Å²) in [6.07, 6.45) is 2.33. The van der Waals surface area contributed by atoms with Crippen molar-refractivity contribution in [3.05, 3.63) is 93.0 Å². The molecular formula is C25H27N2O4+. The van der Waals surface area contributed by atoms with E-state index in [0.29, 0.717) is 12.3 Å². The van der Waals surface area contributed by atoms with Crippen molar-refractivity contribution < 1.29 is 18.8 Å². The van der Waals surface area contributed by atoms with Crippen LogP contribution < -0.4 is 20.4 Å². The molecule has 31 heavy (non-hydrogen) atoms. The van der Waals surface area contributed by atoms with Crippen molar-refractivity contribution in [1.29, 1.82) is 0 Å². The number of fused-ring (bicyclic) bond motifs is 1. The van der Waals surface area contributed by atoms with Crippen LogP contribution in [-0.4, -0.2) is 19.1 Å². The maximum atomic E-state index is 12.4. The minimum Gasteiger partial charge on any atom is -0.477 e. The van der Waals surface area contributed by atoms with Crippen molar-refractivity contribution >= 4 is 11.6 Å². The van der Waals surface area contributed by atoms with Crippen LogP contribution in [0.3, 0.4) is 0 Å². The molecule has 0 spiro atoms. The zero-order valence-electron chi connectivity index (χ0n) is 17.9. The first-order chi connectivity index (χ1) is 15.0. The van der Waals surface area contributed by atoms with Crippen molar-refractivity contribution in [3.8, 4) is 5.75 Å². The second kappa shape index (κ2) is 9.18. The van der Waals surface area contributed by atoms with Crippen LogP contribution >= 0.6 is 0 Å².